The van der Waals surface area contributed by atoms with E-state index < -0.39 is 0 Å². The summed E-state index contributed by atoms with van der Waals surface area (Å²) in [7, 11) is 0. The molecule has 0 spiro atoms. The standard InChI is InChI=1S/C12H20N2O/c1-2-5-12-13-10(7-9-15)11-6-3-4-8-14(11)12/h15H,2-9H2,1H3. The second-order valence-corrected chi connectivity index (χ2v) is 4.25. The summed E-state index contributed by atoms with van der Waals surface area (Å²) in [6.07, 6.45) is 6.63. The highest BCUT2D eigenvalue weighted by molar-refractivity contribution is 5.19. The normalized spacial score (nSPS) is 15.3. The number of hydrogen-bond donors (Lipinski definition) is 1. The minimum absolute atomic E-state index is 0.218. The molecular formula is C12H20N2O. The lowest BCUT2D eigenvalue weighted by molar-refractivity contribution is 0.297. The molecule has 0 saturated carbocycles. The summed E-state index contributed by atoms with van der Waals surface area (Å²) < 4.78 is 2.39. The third kappa shape index (κ3) is 2.07. The molecule has 3 heteroatoms. The Morgan fingerprint density at radius 3 is 2.93 bits per heavy atom. The topological polar surface area (TPSA) is 38.1 Å². The van der Waals surface area contributed by atoms with Crippen molar-refractivity contribution in [3.63, 3.8) is 0 Å². The Hall–Kier alpha value is -0.830. The van der Waals surface area contributed by atoms with Gasteiger partial charge < -0.3 is 9.67 Å². The van der Waals surface area contributed by atoms with E-state index in [4.69, 9.17) is 5.11 Å². The lowest BCUT2D eigenvalue weighted by Gasteiger charge is -2.17. The molecule has 0 radical (unpaired) electrons. The number of aryl methyl sites for hydroxylation is 1. The summed E-state index contributed by atoms with van der Waals surface area (Å²) in [4.78, 5) is 4.67. The minimum Gasteiger partial charge on any atom is -0.396 e. The molecule has 1 aliphatic heterocycles. The van der Waals surface area contributed by atoms with E-state index in [9.17, 15) is 0 Å². The Morgan fingerprint density at radius 1 is 1.33 bits per heavy atom. The van der Waals surface area contributed by atoms with Crippen molar-refractivity contribution in [2.75, 3.05) is 6.61 Å². The molecule has 1 aromatic heterocycles. The summed E-state index contributed by atoms with van der Waals surface area (Å²) in [5.41, 5.74) is 2.53. The van der Waals surface area contributed by atoms with Crippen LogP contribution in [0, 0.1) is 0 Å². The Kier molecular flexibility index (Phi) is 3.41. The van der Waals surface area contributed by atoms with Crippen LogP contribution in [0.25, 0.3) is 0 Å². The fourth-order valence-corrected chi connectivity index (χ4v) is 2.42. The van der Waals surface area contributed by atoms with Crippen molar-refractivity contribution >= 4 is 0 Å². The number of aromatic nitrogens is 2. The SMILES string of the molecule is CCCc1nc(CCO)c2n1CCCC2. The molecule has 2 rings (SSSR count). The van der Waals surface area contributed by atoms with E-state index in [2.05, 4.69) is 16.5 Å². The number of rotatable bonds is 4. The van der Waals surface area contributed by atoms with Gasteiger partial charge in [-0.05, 0) is 25.7 Å². The summed E-state index contributed by atoms with van der Waals surface area (Å²) in [6.45, 7) is 3.54. The van der Waals surface area contributed by atoms with Crippen molar-refractivity contribution < 1.29 is 5.11 Å². The zero-order valence-corrected chi connectivity index (χ0v) is 9.50. The molecule has 1 N–H and O–H groups in total. The van der Waals surface area contributed by atoms with Crippen molar-refractivity contribution in [1.29, 1.82) is 0 Å². The lowest BCUT2D eigenvalue weighted by Crippen LogP contribution is -2.13. The zero-order chi connectivity index (χ0) is 10.7. The van der Waals surface area contributed by atoms with Crippen molar-refractivity contribution in [1.82, 2.24) is 9.55 Å². The van der Waals surface area contributed by atoms with E-state index in [0.717, 1.165) is 37.9 Å². The van der Waals surface area contributed by atoms with Crippen molar-refractivity contribution in [3.8, 4) is 0 Å². The highest BCUT2D eigenvalue weighted by atomic mass is 16.3. The van der Waals surface area contributed by atoms with Crippen molar-refractivity contribution in [3.05, 3.63) is 17.2 Å². The lowest BCUT2D eigenvalue weighted by atomic mass is 10.1. The van der Waals surface area contributed by atoms with Crippen LogP contribution < -0.4 is 0 Å². The minimum atomic E-state index is 0.218. The van der Waals surface area contributed by atoms with Gasteiger partial charge in [0.15, 0.2) is 0 Å². The number of aliphatic hydroxyl groups excluding tert-OH is 1. The number of nitrogens with zero attached hydrogens (tertiary/aromatic N) is 2. The van der Waals surface area contributed by atoms with Crippen molar-refractivity contribution in [2.24, 2.45) is 0 Å². The van der Waals surface area contributed by atoms with Gasteiger partial charge in [-0.25, -0.2) is 4.98 Å². The van der Waals surface area contributed by atoms with Gasteiger partial charge in [-0.1, -0.05) is 6.92 Å². The Morgan fingerprint density at radius 2 is 2.20 bits per heavy atom. The molecule has 15 heavy (non-hydrogen) atoms. The Bertz CT molecular complexity index is 300. The largest absolute Gasteiger partial charge is 0.396 e. The monoisotopic (exact) mass is 208 g/mol. The molecule has 3 nitrogen and oxygen atoms in total. The van der Waals surface area contributed by atoms with Crippen LogP contribution in [-0.4, -0.2) is 21.3 Å². The second-order valence-electron chi connectivity index (χ2n) is 4.25. The van der Waals surface area contributed by atoms with E-state index in [1.165, 1.54) is 24.4 Å². The van der Waals surface area contributed by atoms with Crippen LogP contribution in [0.2, 0.25) is 0 Å². The van der Waals surface area contributed by atoms with Gasteiger partial charge in [0, 0.05) is 31.7 Å². The van der Waals surface area contributed by atoms with Crippen molar-refractivity contribution in [2.45, 2.75) is 52.0 Å². The predicted octanol–water partition coefficient (Wildman–Crippen LogP) is 1.71. The van der Waals surface area contributed by atoms with Crippen LogP contribution in [0.1, 0.15) is 43.4 Å². The molecule has 1 aliphatic rings. The average Bonchev–Trinajstić information content (AvgIpc) is 2.59. The van der Waals surface area contributed by atoms with Gasteiger partial charge in [0.25, 0.3) is 0 Å². The van der Waals surface area contributed by atoms with Gasteiger partial charge in [0.1, 0.15) is 5.82 Å². The van der Waals surface area contributed by atoms with E-state index in [1.807, 2.05) is 0 Å². The highest BCUT2D eigenvalue weighted by Gasteiger charge is 2.18. The van der Waals surface area contributed by atoms with Gasteiger partial charge in [-0.15, -0.1) is 0 Å². The molecule has 0 amide bonds. The molecule has 84 valence electrons. The van der Waals surface area contributed by atoms with Crippen LogP contribution in [0.15, 0.2) is 0 Å². The third-order valence-electron chi connectivity index (χ3n) is 3.10. The zero-order valence-electron chi connectivity index (χ0n) is 9.50. The summed E-state index contributed by atoms with van der Waals surface area (Å²) in [5.74, 6) is 1.23. The predicted molar refractivity (Wildman–Crippen MR) is 59.9 cm³/mol. The second kappa shape index (κ2) is 4.79. The molecular weight excluding hydrogens is 188 g/mol. The van der Waals surface area contributed by atoms with Crippen LogP contribution >= 0.6 is 0 Å². The van der Waals surface area contributed by atoms with Crippen LogP contribution in [0.5, 0.6) is 0 Å². The highest BCUT2D eigenvalue weighted by Crippen LogP contribution is 2.21. The summed E-state index contributed by atoms with van der Waals surface area (Å²) >= 11 is 0. The maximum Gasteiger partial charge on any atom is 0.109 e. The van der Waals surface area contributed by atoms with Gasteiger partial charge in [0.05, 0.1) is 5.69 Å². The van der Waals surface area contributed by atoms with E-state index in [1.54, 1.807) is 0 Å². The average molecular weight is 208 g/mol. The van der Waals surface area contributed by atoms with Gasteiger partial charge in [0.2, 0.25) is 0 Å². The fourth-order valence-electron chi connectivity index (χ4n) is 2.42. The number of aliphatic hydroxyl groups is 1. The van der Waals surface area contributed by atoms with Gasteiger partial charge in [-0.3, -0.25) is 0 Å². The first-order valence-corrected chi connectivity index (χ1v) is 6.04. The summed E-state index contributed by atoms with van der Waals surface area (Å²) in [5, 5.41) is 9.01. The quantitative estimate of drug-likeness (QED) is 0.818. The molecule has 1 aromatic rings. The molecule has 0 saturated heterocycles. The molecule has 0 atom stereocenters. The van der Waals surface area contributed by atoms with Crippen LogP contribution in [-0.2, 0) is 25.8 Å². The third-order valence-corrected chi connectivity index (χ3v) is 3.10. The number of imidazole rings is 1. The maximum atomic E-state index is 9.01. The summed E-state index contributed by atoms with van der Waals surface area (Å²) in [6, 6.07) is 0. The van der Waals surface area contributed by atoms with Gasteiger partial charge >= 0.3 is 0 Å². The first kappa shape index (κ1) is 10.7. The maximum absolute atomic E-state index is 9.01. The fraction of sp³-hybridized carbons (Fsp3) is 0.750. The first-order chi connectivity index (χ1) is 7.36. The molecule has 0 fully saturated rings. The van der Waals surface area contributed by atoms with E-state index in [0.29, 0.717) is 0 Å². The van der Waals surface area contributed by atoms with Gasteiger partial charge in [-0.2, -0.15) is 0 Å². The molecule has 0 unspecified atom stereocenters. The Labute approximate surface area is 91.1 Å². The number of fused-ring (bicyclic) bond motifs is 1. The molecule has 0 aliphatic carbocycles. The molecule has 0 aromatic carbocycles. The van der Waals surface area contributed by atoms with Crippen LogP contribution in [0.4, 0.5) is 0 Å². The Balaban J connectivity index is 2.31. The number of hydrogen-bond acceptors (Lipinski definition) is 2. The smallest absolute Gasteiger partial charge is 0.109 e. The molecule has 0 bridgehead atoms. The molecule has 2 heterocycles. The van der Waals surface area contributed by atoms with E-state index in [-0.39, 0.29) is 6.61 Å². The van der Waals surface area contributed by atoms with Crippen LogP contribution in [0.3, 0.4) is 0 Å². The first-order valence-electron chi connectivity index (χ1n) is 6.04. The van der Waals surface area contributed by atoms with E-state index >= 15 is 0 Å².